The lowest BCUT2D eigenvalue weighted by molar-refractivity contribution is -0.131. The normalized spacial score (nSPS) is 24.4. The Hall–Kier alpha value is -0.650. The van der Waals surface area contributed by atoms with Crippen molar-refractivity contribution in [1.82, 2.24) is 10.2 Å². The second-order valence-electron chi connectivity index (χ2n) is 5.44. The molecule has 5 nitrogen and oxygen atoms in total. The third kappa shape index (κ3) is 4.72. The fourth-order valence-corrected chi connectivity index (χ4v) is 2.53. The molecule has 1 N–H and O–H groups in total. The molecule has 3 unspecified atom stereocenters. The summed E-state index contributed by atoms with van der Waals surface area (Å²) in [6, 6.07) is -0.0145. The number of rotatable bonds is 10. The number of methoxy groups -OCH3 is 1. The van der Waals surface area contributed by atoms with Crippen LogP contribution in [0.2, 0.25) is 0 Å². The number of nitrogens with zero attached hydrogens (tertiary/aromatic N) is 1. The van der Waals surface area contributed by atoms with Crippen LogP contribution in [0.15, 0.2) is 0 Å². The van der Waals surface area contributed by atoms with E-state index in [4.69, 9.17) is 9.47 Å². The lowest BCUT2D eigenvalue weighted by atomic mass is 9.99. The predicted molar refractivity (Wildman–Crippen MR) is 79.5 cm³/mol. The molecule has 1 fully saturated rings. The zero-order valence-corrected chi connectivity index (χ0v) is 13.4. The van der Waals surface area contributed by atoms with E-state index < -0.39 is 0 Å². The summed E-state index contributed by atoms with van der Waals surface area (Å²) in [5.41, 5.74) is 0. The van der Waals surface area contributed by atoms with Gasteiger partial charge in [0.15, 0.2) is 0 Å². The van der Waals surface area contributed by atoms with Crippen LogP contribution >= 0.6 is 0 Å². The minimum atomic E-state index is -0.0145. The van der Waals surface area contributed by atoms with Crippen LogP contribution in [0.3, 0.4) is 0 Å². The lowest BCUT2D eigenvalue weighted by Gasteiger charge is -2.23. The number of ether oxygens (including phenoxy) is 2. The van der Waals surface area contributed by atoms with Gasteiger partial charge in [-0.05, 0) is 18.8 Å². The smallest absolute Gasteiger partial charge is 0.241 e. The first-order valence-electron chi connectivity index (χ1n) is 7.78. The molecule has 1 aliphatic rings. The topological polar surface area (TPSA) is 50.8 Å². The van der Waals surface area contributed by atoms with Gasteiger partial charge in [0.05, 0.1) is 25.4 Å². The molecular formula is C15H30N2O3. The maximum atomic E-state index is 12.4. The first kappa shape index (κ1) is 17.4. The SMILES string of the molecule is CCC(C)C1NC(CC)N(CCCOCCOC)C1=O. The molecular weight excluding hydrogens is 256 g/mol. The van der Waals surface area contributed by atoms with Crippen molar-refractivity contribution in [2.75, 3.05) is 33.5 Å². The number of carbonyl (C=O) groups is 1. The van der Waals surface area contributed by atoms with Crippen LogP contribution in [-0.4, -0.2) is 56.5 Å². The van der Waals surface area contributed by atoms with Gasteiger partial charge in [0.2, 0.25) is 5.91 Å². The molecule has 0 aromatic carbocycles. The van der Waals surface area contributed by atoms with Crippen LogP contribution in [-0.2, 0) is 14.3 Å². The fraction of sp³-hybridized carbons (Fsp3) is 0.933. The van der Waals surface area contributed by atoms with Crippen LogP contribution in [0.25, 0.3) is 0 Å². The molecule has 118 valence electrons. The number of hydrogen-bond acceptors (Lipinski definition) is 4. The second kappa shape index (κ2) is 9.32. The highest BCUT2D eigenvalue weighted by molar-refractivity contribution is 5.84. The maximum Gasteiger partial charge on any atom is 0.241 e. The minimum absolute atomic E-state index is 0.0145. The average molecular weight is 286 g/mol. The Bertz CT molecular complexity index is 286. The largest absolute Gasteiger partial charge is 0.382 e. The molecule has 0 aromatic rings. The number of nitrogens with one attached hydrogen (secondary N) is 1. The highest BCUT2D eigenvalue weighted by atomic mass is 16.5. The first-order chi connectivity index (χ1) is 9.65. The van der Waals surface area contributed by atoms with E-state index in [2.05, 4.69) is 26.1 Å². The Balaban J connectivity index is 2.37. The van der Waals surface area contributed by atoms with E-state index in [9.17, 15) is 4.79 Å². The standard InChI is InChI=1S/C15H30N2O3/c1-5-12(3)14-15(18)17(13(6-2)16-14)8-7-9-20-11-10-19-4/h12-14,16H,5-11H2,1-4H3. The van der Waals surface area contributed by atoms with E-state index in [0.29, 0.717) is 25.7 Å². The van der Waals surface area contributed by atoms with Crippen LogP contribution in [0.5, 0.6) is 0 Å². The van der Waals surface area contributed by atoms with Crippen LogP contribution in [0.1, 0.15) is 40.0 Å². The molecule has 1 aliphatic heterocycles. The molecule has 0 saturated carbocycles. The summed E-state index contributed by atoms with van der Waals surface area (Å²) in [5.74, 6) is 0.641. The summed E-state index contributed by atoms with van der Waals surface area (Å²) in [5, 5.41) is 3.47. The molecule has 1 rings (SSSR count). The van der Waals surface area contributed by atoms with Crippen molar-refractivity contribution in [3.05, 3.63) is 0 Å². The molecule has 20 heavy (non-hydrogen) atoms. The fourth-order valence-electron chi connectivity index (χ4n) is 2.53. The van der Waals surface area contributed by atoms with Crippen molar-refractivity contribution in [2.24, 2.45) is 5.92 Å². The first-order valence-corrected chi connectivity index (χ1v) is 7.78. The van der Waals surface area contributed by atoms with E-state index in [1.54, 1.807) is 7.11 Å². The van der Waals surface area contributed by atoms with Crippen molar-refractivity contribution >= 4 is 5.91 Å². The van der Waals surface area contributed by atoms with Crippen molar-refractivity contribution in [1.29, 1.82) is 0 Å². The lowest BCUT2D eigenvalue weighted by Crippen LogP contribution is -2.37. The molecule has 0 aliphatic carbocycles. The van der Waals surface area contributed by atoms with E-state index >= 15 is 0 Å². The van der Waals surface area contributed by atoms with Crippen molar-refractivity contribution in [2.45, 2.75) is 52.2 Å². The number of carbonyl (C=O) groups excluding carboxylic acids is 1. The summed E-state index contributed by atoms with van der Waals surface area (Å²) in [4.78, 5) is 14.4. The van der Waals surface area contributed by atoms with Gasteiger partial charge in [-0.3, -0.25) is 10.1 Å². The zero-order chi connectivity index (χ0) is 15.0. The summed E-state index contributed by atoms with van der Waals surface area (Å²) in [6.07, 6.45) is 3.03. The molecule has 1 heterocycles. The van der Waals surface area contributed by atoms with Gasteiger partial charge >= 0.3 is 0 Å². The van der Waals surface area contributed by atoms with Crippen molar-refractivity contribution in [3.8, 4) is 0 Å². The van der Waals surface area contributed by atoms with Gasteiger partial charge in [0.25, 0.3) is 0 Å². The molecule has 1 saturated heterocycles. The van der Waals surface area contributed by atoms with Crippen LogP contribution < -0.4 is 5.32 Å². The van der Waals surface area contributed by atoms with Crippen molar-refractivity contribution < 1.29 is 14.3 Å². The highest BCUT2D eigenvalue weighted by Crippen LogP contribution is 2.21. The Labute approximate surface area is 123 Å². The van der Waals surface area contributed by atoms with Gasteiger partial charge in [-0.1, -0.05) is 27.2 Å². The Morgan fingerprint density at radius 3 is 2.65 bits per heavy atom. The third-order valence-corrected chi connectivity index (χ3v) is 4.02. The van der Waals surface area contributed by atoms with Gasteiger partial charge < -0.3 is 14.4 Å². The van der Waals surface area contributed by atoms with Gasteiger partial charge in [-0.2, -0.15) is 0 Å². The van der Waals surface area contributed by atoms with Crippen LogP contribution in [0, 0.1) is 5.92 Å². The molecule has 5 heteroatoms. The second-order valence-corrected chi connectivity index (χ2v) is 5.44. The van der Waals surface area contributed by atoms with E-state index in [-0.39, 0.29) is 18.1 Å². The molecule has 1 amide bonds. The third-order valence-electron chi connectivity index (χ3n) is 4.02. The highest BCUT2D eigenvalue weighted by Gasteiger charge is 2.39. The van der Waals surface area contributed by atoms with Gasteiger partial charge in [-0.15, -0.1) is 0 Å². The Morgan fingerprint density at radius 1 is 1.30 bits per heavy atom. The molecule has 0 spiro atoms. The molecule has 0 bridgehead atoms. The Morgan fingerprint density at radius 2 is 2.05 bits per heavy atom. The van der Waals surface area contributed by atoms with Gasteiger partial charge in [-0.25, -0.2) is 0 Å². The van der Waals surface area contributed by atoms with E-state index in [1.165, 1.54) is 0 Å². The van der Waals surface area contributed by atoms with Crippen LogP contribution in [0.4, 0.5) is 0 Å². The summed E-state index contributed by atoms with van der Waals surface area (Å²) in [6.45, 7) is 9.08. The number of amides is 1. The zero-order valence-electron chi connectivity index (χ0n) is 13.4. The van der Waals surface area contributed by atoms with Crippen molar-refractivity contribution in [3.63, 3.8) is 0 Å². The summed E-state index contributed by atoms with van der Waals surface area (Å²) in [7, 11) is 1.67. The minimum Gasteiger partial charge on any atom is -0.382 e. The van der Waals surface area contributed by atoms with E-state index in [1.807, 2.05) is 4.90 Å². The van der Waals surface area contributed by atoms with Gasteiger partial charge in [0.1, 0.15) is 0 Å². The predicted octanol–water partition coefficient (Wildman–Crippen LogP) is 1.62. The van der Waals surface area contributed by atoms with E-state index in [0.717, 1.165) is 25.8 Å². The molecule has 0 aromatic heterocycles. The molecule has 3 atom stereocenters. The van der Waals surface area contributed by atoms with Gasteiger partial charge in [0, 0.05) is 20.3 Å². The summed E-state index contributed by atoms with van der Waals surface area (Å²) < 4.78 is 10.4. The Kier molecular flexibility index (Phi) is 8.11. The summed E-state index contributed by atoms with van der Waals surface area (Å²) >= 11 is 0. The monoisotopic (exact) mass is 286 g/mol. The maximum absolute atomic E-state index is 12.4. The quantitative estimate of drug-likeness (QED) is 0.620. The molecule has 0 radical (unpaired) electrons. The average Bonchev–Trinajstić information content (AvgIpc) is 2.78. The number of hydrogen-bond donors (Lipinski definition) is 1.